The van der Waals surface area contributed by atoms with Gasteiger partial charge in [-0.05, 0) is 32.9 Å². The maximum atomic E-state index is 5.87. The van der Waals surface area contributed by atoms with Crippen molar-refractivity contribution in [3.63, 3.8) is 0 Å². The van der Waals surface area contributed by atoms with Crippen molar-refractivity contribution >= 4 is 17.6 Å². The Hall–Kier alpha value is 0.114. The number of nitrogens with zero attached hydrogens (tertiary/aromatic N) is 1. The van der Waals surface area contributed by atoms with Gasteiger partial charge in [0.2, 0.25) is 0 Å². The maximum Gasteiger partial charge on any atom is 0.500 e. The normalized spacial score (nSPS) is 14.3. The van der Waals surface area contributed by atoms with Crippen LogP contribution >= 0.6 is 0 Å². The molecule has 0 aromatic heterocycles. The summed E-state index contributed by atoms with van der Waals surface area (Å²) in [4.78, 5) is 2.38. The number of nitrogens with two attached hydrogens (primary N) is 1. The minimum Gasteiger partial charge on any atom is -0.377 e. The third-order valence-corrected chi connectivity index (χ3v) is 10.4. The van der Waals surface area contributed by atoms with Gasteiger partial charge in [0.15, 0.2) is 0 Å². The summed E-state index contributed by atoms with van der Waals surface area (Å²) >= 11 is 0. The molecule has 0 aromatic carbocycles. The van der Waals surface area contributed by atoms with Gasteiger partial charge in [-0.3, -0.25) is 4.90 Å². The molecule has 1 atom stereocenters. The van der Waals surface area contributed by atoms with E-state index in [9.17, 15) is 0 Å². The largest absolute Gasteiger partial charge is 0.500 e. The van der Waals surface area contributed by atoms with Crippen LogP contribution in [0.4, 0.5) is 0 Å². The fraction of sp³-hybridized carbons (Fsp3) is 1.00. The summed E-state index contributed by atoms with van der Waals surface area (Å²) < 4.78 is 32.9. The first-order chi connectivity index (χ1) is 11.9. The zero-order valence-corrected chi connectivity index (χ0v) is 19.0. The molecule has 0 saturated carbocycles. The van der Waals surface area contributed by atoms with Crippen LogP contribution in [0.15, 0.2) is 0 Å². The van der Waals surface area contributed by atoms with E-state index in [0.29, 0.717) is 12.6 Å². The number of rotatable bonds is 16. The molecule has 0 spiro atoms. The zero-order chi connectivity index (χ0) is 19.3. The summed E-state index contributed by atoms with van der Waals surface area (Å²) in [5.41, 5.74) is 5.87. The van der Waals surface area contributed by atoms with Gasteiger partial charge in [-0.25, -0.2) is 0 Å². The minimum absolute atomic E-state index is 0.299. The Bertz CT molecular complexity index is 291. The molecule has 25 heavy (non-hydrogen) atoms. The topological polar surface area (TPSA) is 84.6 Å². The monoisotopic (exact) mass is 398 g/mol. The van der Waals surface area contributed by atoms with Gasteiger partial charge >= 0.3 is 17.6 Å². The fourth-order valence-corrected chi connectivity index (χ4v) is 6.22. The van der Waals surface area contributed by atoms with E-state index in [2.05, 4.69) is 11.8 Å². The van der Waals surface area contributed by atoms with Gasteiger partial charge in [-0.15, -0.1) is 0 Å². The average molecular weight is 399 g/mol. The molecule has 0 aliphatic rings. The van der Waals surface area contributed by atoms with Crippen molar-refractivity contribution in [2.24, 2.45) is 5.73 Å². The molecule has 0 amide bonds. The second-order valence-electron chi connectivity index (χ2n) is 5.92. The molecule has 0 heterocycles. The lowest BCUT2D eigenvalue weighted by Gasteiger charge is -2.31. The van der Waals surface area contributed by atoms with Crippen molar-refractivity contribution in [1.29, 1.82) is 0 Å². The van der Waals surface area contributed by atoms with Gasteiger partial charge in [0.1, 0.15) is 0 Å². The molecule has 0 fully saturated rings. The predicted octanol–water partition coefficient (Wildman–Crippen LogP) is 1.17. The van der Waals surface area contributed by atoms with Crippen LogP contribution in [-0.2, 0) is 26.6 Å². The third kappa shape index (κ3) is 8.12. The van der Waals surface area contributed by atoms with Gasteiger partial charge in [-0.2, -0.15) is 0 Å². The van der Waals surface area contributed by atoms with E-state index < -0.39 is 17.6 Å². The molecule has 0 bridgehead atoms. The van der Waals surface area contributed by atoms with Crippen molar-refractivity contribution in [2.45, 2.75) is 37.9 Å². The average Bonchev–Trinajstić information content (AvgIpc) is 2.67. The molecule has 10 heteroatoms. The molecular weight excluding hydrogens is 360 g/mol. The van der Waals surface area contributed by atoms with E-state index in [1.165, 1.54) is 0 Å². The second kappa shape index (κ2) is 13.3. The Kier molecular flexibility index (Phi) is 13.4. The summed E-state index contributed by atoms with van der Waals surface area (Å²) in [6.45, 7) is 4.57. The summed E-state index contributed by atoms with van der Waals surface area (Å²) in [5, 5.41) is 0. The third-order valence-electron chi connectivity index (χ3n) is 4.69. The standard InChI is InChI=1S/C15H38N2O6Si2/c1-15(14-16)17(10-8-12-24(18-2,19-3)20-4)11-9-13-25(21-5,22-6)23-7/h15H,8-14,16H2,1-7H3. The lowest BCUT2D eigenvalue weighted by molar-refractivity contribution is 0.117. The molecule has 0 saturated heterocycles. The predicted molar refractivity (Wildman–Crippen MR) is 102 cm³/mol. The molecule has 0 radical (unpaired) electrons. The van der Waals surface area contributed by atoms with Gasteiger partial charge in [0.25, 0.3) is 0 Å². The first-order valence-corrected chi connectivity index (χ1v) is 12.5. The van der Waals surface area contributed by atoms with E-state index >= 15 is 0 Å². The highest BCUT2D eigenvalue weighted by atomic mass is 28.4. The molecule has 0 aliphatic heterocycles. The second-order valence-corrected chi connectivity index (χ2v) is 12.1. The summed E-state index contributed by atoms with van der Waals surface area (Å²) in [6.07, 6.45) is 1.85. The molecule has 8 nitrogen and oxygen atoms in total. The molecule has 0 aliphatic carbocycles. The summed E-state index contributed by atoms with van der Waals surface area (Å²) in [5.74, 6) is 0. The quantitative estimate of drug-likeness (QED) is 0.388. The Morgan fingerprint density at radius 3 is 1.28 bits per heavy atom. The van der Waals surface area contributed by atoms with E-state index in [1.54, 1.807) is 42.7 Å². The summed E-state index contributed by atoms with van der Waals surface area (Å²) in [6, 6.07) is 1.85. The lowest BCUT2D eigenvalue weighted by Crippen LogP contribution is -2.46. The Morgan fingerprint density at radius 1 is 0.720 bits per heavy atom. The molecule has 2 N–H and O–H groups in total. The number of hydrogen-bond acceptors (Lipinski definition) is 8. The van der Waals surface area contributed by atoms with Gasteiger partial charge in [0.05, 0.1) is 0 Å². The molecule has 1 unspecified atom stereocenters. The van der Waals surface area contributed by atoms with Crippen LogP contribution in [0, 0.1) is 0 Å². The SMILES string of the molecule is CO[Si](CCCN(CCC[Si](OC)(OC)OC)C(C)CN)(OC)OC. The van der Waals surface area contributed by atoms with Crippen LogP contribution < -0.4 is 5.73 Å². The van der Waals surface area contributed by atoms with E-state index in [1.807, 2.05) is 0 Å². The van der Waals surface area contributed by atoms with Crippen molar-refractivity contribution in [2.75, 3.05) is 62.3 Å². The molecular formula is C15H38N2O6Si2. The van der Waals surface area contributed by atoms with Crippen LogP contribution in [0.3, 0.4) is 0 Å². The smallest absolute Gasteiger partial charge is 0.377 e. The Morgan fingerprint density at radius 2 is 1.04 bits per heavy atom. The van der Waals surface area contributed by atoms with Crippen LogP contribution in [0.2, 0.25) is 12.1 Å². The zero-order valence-electron chi connectivity index (χ0n) is 17.0. The van der Waals surface area contributed by atoms with E-state index in [0.717, 1.165) is 38.0 Å². The highest BCUT2D eigenvalue weighted by Gasteiger charge is 2.38. The van der Waals surface area contributed by atoms with Crippen LogP contribution in [-0.4, -0.2) is 90.8 Å². The van der Waals surface area contributed by atoms with Gasteiger partial charge < -0.3 is 32.3 Å². The Labute approximate surface area is 155 Å². The Balaban J connectivity index is 4.57. The van der Waals surface area contributed by atoms with Crippen molar-refractivity contribution in [3.05, 3.63) is 0 Å². The van der Waals surface area contributed by atoms with Crippen LogP contribution in [0.1, 0.15) is 19.8 Å². The van der Waals surface area contributed by atoms with Crippen molar-refractivity contribution in [3.8, 4) is 0 Å². The number of hydrogen-bond donors (Lipinski definition) is 1. The first kappa shape index (κ1) is 25.1. The van der Waals surface area contributed by atoms with Crippen LogP contribution in [0.25, 0.3) is 0 Å². The summed E-state index contributed by atoms with van der Waals surface area (Å²) in [7, 11) is 4.82. The van der Waals surface area contributed by atoms with E-state index in [-0.39, 0.29) is 0 Å². The van der Waals surface area contributed by atoms with Crippen molar-refractivity contribution < 1.29 is 26.6 Å². The lowest BCUT2D eigenvalue weighted by atomic mass is 10.2. The van der Waals surface area contributed by atoms with Gasteiger partial charge in [-0.1, -0.05) is 0 Å². The molecule has 0 aromatic rings. The maximum absolute atomic E-state index is 5.87. The van der Waals surface area contributed by atoms with Crippen molar-refractivity contribution in [1.82, 2.24) is 4.90 Å². The fourth-order valence-electron chi connectivity index (χ4n) is 2.81. The molecule has 152 valence electrons. The molecule has 0 rings (SSSR count). The highest BCUT2D eigenvalue weighted by molar-refractivity contribution is 6.60. The van der Waals surface area contributed by atoms with Gasteiger partial charge in [0, 0.05) is 67.3 Å². The highest BCUT2D eigenvalue weighted by Crippen LogP contribution is 2.18. The first-order valence-electron chi connectivity index (χ1n) is 8.67. The van der Waals surface area contributed by atoms with Crippen LogP contribution in [0.5, 0.6) is 0 Å². The van der Waals surface area contributed by atoms with E-state index in [4.69, 9.17) is 32.3 Å². The minimum atomic E-state index is -2.52.